The molecule has 0 aliphatic carbocycles. The second-order valence-corrected chi connectivity index (χ2v) is 3.44. The SMILES string of the molecule is [N-]=[N+]=NCC=Cc1cc(Cl)cc([N+](=O)[O-])c1N. The van der Waals surface area contributed by atoms with Crippen LogP contribution < -0.4 is 5.73 Å². The van der Waals surface area contributed by atoms with Gasteiger partial charge in [0, 0.05) is 28.1 Å². The van der Waals surface area contributed by atoms with Gasteiger partial charge in [0.25, 0.3) is 5.69 Å². The molecule has 1 aromatic rings. The Hall–Kier alpha value is -2.24. The number of nitro groups is 1. The van der Waals surface area contributed by atoms with Crippen molar-refractivity contribution in [1.82, 2.24) is 0 Å². The molecule has 0 spiro atoms. The zero-order valence-corrected chi connectivity index (χ0v) is 9.33. The van der Waals surface area contributed by atoms with Gasteiger partial charge in [-0.3, -0.25) is 10.1 Å². The van der Waals surface area contributed by atoms with Crippen LogP contribution in [0.1, 0.15) is 5.56 Å². The fourth-order valence-corrected chi connectivity index (χ4v) is 1.40. The van der Waals surface area contributed by atoms with E-state index in [1.165, 1.54) is 24.3 Å². The van der Waals surface area contributed by atoms with Crippen LogP contribution in [0.15, 0.2) is 23.3 Å². The Kier molecular flexibility index (Phi) is 4.33. The number of nitrogens with zero attached hydrogens (tertiary/aromatic N) is 4. The molecule has 7 nitrogen and oxygen atoms in total. The highest BCUT2D eigenvalue weighted by molar-refractivity contribution is 6.31. The highest BCUT2D eigenvalue weighted by atomic mass is 35.5. The highest BCUT2D eigenvalue weighted by Gasteiger charge is 2.14. The monoisotopic (exact) mass is 253 g/mol. The number of nitrogen functional groups attached to an aromatic ring is 1. The van der Waals surface area contributed by atoms with Gasteiger partial charge in [0.1, 0.15) is 5.69 Å². The van der Waals surface area contributed by atoms with E-state index in [0.29, 0.717) is 5.56 Å². The first kappa shape index (κ1) is 12.8. The smallest absolute Gasteiger partial charge is 0.294 e. The maximum atomic E-state index is 10.7. The summed E-state index contributed by atoms with van der Waals surface area (Å²) in [6, 6.07) is 2.68. The van der Waals surface area contributed by atoms with Gasteiger partial charge in [0.2, 0.25) is 0 Å². The Morgan fingerprint density at radius 2 is 2.35 bits per heavy atom. The molecule has 0 bridgehead atoms. The molecule has 88 valence electrons. The standard InChI is InChI=1S/C9H8ClN5O2/c10-7-4-6(2-1-3-13-14-12)9(11)8(5-7)15(16)17/h1-2,4-5H,3,11H2. The molecule has 17 heavy (non-hydrogen) atoms. The number of hydrogen-bond donors (Lipinski definition) is 1. The molecule has 0 saturated carbocycles. The van der Waals surface area contributed by atoms with Gasteiger partial charge in [0.15, 0.2) is 0 Å². The molecule has 0 heterocycles. The number of azide groups is 1. The lowest BCUT2D eigenvalue weighted by atomic mass is 10.1. The van der Waals surface area contributed by atoms with Crippen molar-refractivity contribution >= 4 is 29.1 Å². The van der Waals surface area contributed by atoms with E-state index in [1.54, 1.807) is 0 Å². The van der Waals surface area contributed by atoms with Crippen molar-refractivity contribution in [2.45, 2.75) is 0 Å². The van der Waals surface area contributed by atoms with E-state index in [2.05, 4.69) is 10.0 Å². The summed E-state index contributed by atoms with van der Waals surface area (Å²) in [5.41, 5.74) is 13.9. The molecule has 0 aliphatic rings. The molecule has 0 fully saturated rings. The summed E-state index contributed by atoms with van der Waals surface area (Å²) < 4.78 is 0. The van der Waals surface area contributed by atoms with Gasteiger partial charge in [-0.2, -0.15) is 0 Å². The maximum Gasteiger partial charge on any atom is 0.294 e. The largest absolute Gasteiger partial charge is 0.393 e. The predicted molar refractivity (Wildman–Crippen MR) is 65.6 cm³/mol. The first-order valence-corrected chi connectivity index (χ1v) is 4.85. The molecule has 0 aromatic heterocycles. The fraction of sp³-hybridized carbons (Fsp3) is 0.111. The van der Waals surface area contributed by atoms with Crippen LogP contribution in [0, 0.1) is 10.1 Å². The molecule has 0 atom stereocenters. The number of halogens is 1. The average Bonchev–Trinajstić information content (AvgIpc) is 2.28. The Morgan fingerprint density at radius 1 is 1.65 bits per heavy atom. The van der Waals surface area contributed by atoms with Crippen LogP contribution in [0.25, 0.3) is 16.5 Å². The van der Waals surface area contributed by atoms with Crippen molar-refractivity contribution in [3.8, 4) is 0 Å². The number of rotatable bonds is 4. The molecular formula is C9H8ClN5O2. The molecule has 0 unspecified atom stereocenters. The Labute approximate surface area is 101 Å². The van der Waals surface area contributed by atoms with E-state index in [1.807, 2.05) is 0 Å². The van der Waals surface area contributed by atoms with Crippen molar-refractivity contribution in [1.29, 1.82) is 0 Å². The molecule has 0 amide bonds. The minimum absolute atomic E-state index is 0.0246. The minimum Gasteiger partial charge on any atom is -0.393 e. The topological polar surface area (TPSA) is 118 Å². The first-order valence-electron chi connectivity index (χ1n) is 4.47. The lowest BCUT2D eigenvalue weighted by Gasteiger charge is -2.02. The summed E-state index contributed by atoms with van der Waals surface area (Å²) in [5.74, 6) is 0. The first-order chi connectivity index (χ1) is 8.06. The zero-order valence-electron chi connectivity index (χ0n) is 8.58. The molecule has 8 heteroatoms. The Bertz CT molecular complexity index is 522. The molecule has 0 radical (unpaired) electrons. The van der Waals surface area contributed by atoms with E-state index in [0.717, 1.165) is 0 Å². The summed E-state index contributed by atoms with van der Waals surface area (Å²) in [4.78, 5) is 12.6. The predicted octanol–water partition coefficient (Wildman–Crippen LogP) is 3.15. The van der Waals surface area contributed by atoms with Crippen LogP contribution in [-0.4, -0.2) is 11.5 Å². The molecule has 0 saturated heterocycles. The van der Waals surface area contributed by atoms with Gasteiger partial charge in [0.05, 0.1) is 4.92 Å². The average molecular weight is 254 g/mol. The Balaban J connectivity index is 3.11. The van der Waals surface area contributed by atoms with Gasteiger partial charge in [-0.05, 0) is 11.6 Å². The van der Waals surface area contributed by atoms with Crippen molar-refractivity contribution in [3.63, 3.8) is 0 Å². The Morgan fingerprint density at radius 3 is 2.94 bits per heavy atom. The summed E-state index contributed by atoms with van der Waals surface area (Å²) in [6.07, 6.45) is 3.05. The van der Waals surface area contributed by atoms with Crippen LogP contribution in [0.3, 0.4) is 0 Å². The van der Waals surface area contributed by atoms with Gasteiger partial charge in [-0.15, -0.1) is 0 Å². The van der Waals surface area contributed by atoms with Crippen LogP contribution in [-0.2, 0) is 0 Å². The number of benzene rings is 1. The number of nitrogens with two attached hydrogens (primary N) is 1. The molecule has 0 aliphatic heterocycles. The van der Waals surface area contributed by atoms with E-state index < -0.39 is 4.92 Å². The van der Waals surface area contributed by atoms with Gasteiger partial charge >= 0.3 is 0 Å². The van der Waals surface area contributed by atoms with Gasteiger partial charge < -0.3 is 5.73 Å². The second kappa shape index (κ2) is 5.74. The second-order valence-electron chi connectivity index (χ2n) is 3.00. The van der Waals surface area contributed by atoms with Gasteiger partial charge in [-0.25, -0.2) is 0 Å². The van der Waals surface area contributed by atoms with Crippen molar-refractivity contribution in [2.75, 3.05) is 12.3 Å². The van der Waals surface area contributed by atoms with Gasteiger partial charge in [-0.1, -0.05) is 28.9 Å². The van der Waals surface area contributed by atoms with E-state index >= 15 is 0 Å². The fourth-order valence-electron chi connectivity index (χ4n) is 1.18. The minimum atomic E-state index is -0.605. The zero-order chi connectivity index (χ0) is 12.8. The van der Waals surface area contributed by atoms with E-state index in [4.69, 9.17) is 22.9 Å². The summed E-state index contributed by atoms with van der Waals surface area (Å²) >= 11 is 5.73. The quantitative estimate of drug-likeness (QED) is 0.222. The van der Waals surface area contributed by atoms with Crippen LogP contribution in [0.2, 0.25) is 5.02 Å². The summed E-state index contributed by atoms with van der Waals surface area (Å²) in [5, 5.41) is 14.2. The lowest BCUT2D eigenvalue weighted by molar-refractivity contribution is -0.383. The summed E-state index contributed by atoms with van der Waals surface area (Å²) in [6.45, 7) is 0.135. The number of anilines is 1. The molecule has 1 aromatic carbocycles. The van der Waals surface area contributed by atoms with Crippen molar-refractivity contribution in [3.05, 3.63) is 49.4 Å². The number of nitro benzene ring substituents is 1. The maximum absolute atomic E-state index is 10.7. The third-order valence-electron chi connectivity index (χ3n) is 1.90. The molecular weight excluding hydrogens is 246 g/mol. The van der Waals surface area contributed by atoms with E-state index in [-0.39, 0.29) is 22.9 Å². The third-order valence-corrected chi connectivity index (χ3v) is 2.12. The normalized spacial score (nSPS) is 10.2. The van der Waals surface area contributed by atoms with E-state index in [9.17, 15) is 10.1 Å². The lowest BCUT2D eigenvalue weighted by Crippen LogP contribution is -1.98. The number of hydrogen-bond acceptors (Lipinski definition) is 4. The molecule has 2 N–H and O–H groups in total. The van der Waals surface area contributed by atoms with Crippen LogP contribution >= 0.6 is 11.6 Å². The van der Waals surface area contributed by atoms with Crippen LogP contribution in [0.4, 0.5) is 11.4 Å². The summed E-state index contributed by atoms with van der Waals surface area (Å²) in [7, 11) is 0. The highest BCUT2D eigenvalue weighted by Crippen LogP contribution is 2.30. The van der Waals surface area contributed by atoms with Crippen LogP contribution in [0.5, 0.6) is 0 Å². The molecule has 1 rings (SSSR count). The van der Waals surface area contributed by atoms with Crippen molar-refractivity contribution < 1.29 is 4.92 Å². The third kappa shape index (κ3) is 3.37. The van der Waals surface area contributed by atoms with Crippen molar-refractivity contribution in [2.24, 2.45) is 5.11 Å².